The molecule has 0 amide bonds. The summed E-state index contributed by atoms with van der Waals surface area (Å²) in [7, 11) is 0. The first-order valence-corrected chi connectivity index (χ1v) is 7.96. The van der Waals surface area contributed by atoms with Crippen molar-refractivity contribution in [3.63, 3.8) is 0 Å². The van der Waals surface area contributed by atoms with Gasteiger partial charge in [0.2, 0.25) is 0 Å². The molecule has 3 heteroatoms. The molecular weight excluding hydrogens is 250 g/mol. The van der Waals surface area contributed by atoms with Crippen LogP contribution in [0.4, 0.5) is 0 Å². The van der Waals surface area contributed by atoms with Crippen LogP contribution in [0.15, 0.2) is 6.07 Å². The van der Waals surface area contributed by atoms with Crippen LogP contribution in [0, 0.1) is 5.92 Å². The van der Waals surface area contributed by atoms with E-state index < -0.39 is 0 Å². The van der Waals surface area contributed by atoms with Gasteiger partial charge in [0.15, 0.2) is 0 Å². The normalized spacial score (nSPS) is 32.7. The first kappa shape index (κ1) is 12.0. The standard InChI is InChI=1S/C14H20ClNS/c1-9-5-6-10(7-9)16-12-3-2-4-13-11(12)8-14(15)17-13/h8-10,12,16H,2-7H2,1H3. The summed E-state index contributed by atoms with van der Waals surface area (Å²) in [6.07, 6.45) is 7.91. The molecule has 1 aromatic heterocycles. The Morgan fingerprint density at radius 3 is 3.00 bits per heavy atom. The molecule has 0 aromatic carbocycles. The fourth-order valence-corrected chi connectivity index (χ4v) is 4.72. The Bertz CT molecular complexity index is 401. The van der Waals surface area contributed by atoms with Crippen molar-refractivity contribution in [2.75, 3.05) is 0 Å². The Kier molecular flexibility index (Phi) is 3.47. The lowest BCUT2D eigenvalue weighted by molar-refractivity contribution is 0.393. The predicted molar refractivity (Wildman–Crippen MR) is 74.9 cm³/mol. The van der Waals surface area contributed by atoms with Gasteiger partial charge < -0.3 is 5.32 Å². The van der Waals surface area contributed by atoms with E-state index in [-0.39, 0.29) is 0 Å². The van der Waals surface area contributed by atoms with Gasteiger partial charge in [0, 0.05) is 17.0 Å². The smallest absolute Gasteiger partial charge is 0.0934 e. The highest BCUT2D eigenvalue weighted by Gasteiger charge is 2.28. The van der Waals surface area contributed by atoms with Crippen LogP contribution in [0.1, 0.15) is 55.5 Å². The van der Waals surface area contributed by atoms with E-state index >= 15 is 0 Å². The van der Waals surface area contributed by atoms with Crippen LogP contribution in [-0.2, 0) is 6.42 Å². The lowest BCUT2D eigenvalue weighted by Crippen LogP contribution is -2.32. The van der Waals surface area contributed by atoms with Crippen molar-refractivity contribution >= 4 is 22.9 Å². The van der Waals surface area contributed by atoms with Crippen molar-refractivity contribution in [2.45, 2.75) is 57.5 Å². The van der Waals surface area contributed by atoms with Crippen molar-refractivity contribution in [3.8, 4) is 0 Å². The van der Waals surface area contributed by atoms with Gasteiger partial charge in [0.05, 0.1) is 4.34 Å². The zero-order chi connectivity index (χ0) is 11.8. The SMILES string of the molecule is CC1CCC(NC2CCCc3sc(Cl)cc32)C1. The van der Waals surface area contributed by atoms with E-state index in [1.54, 1.807) is 11.3 Å². The van der Waals surface area contributed by atoms with Gasteiger partial charge in [-0.05, 0) is 56.1 Å². The van der Waals surface area contributed by atoms with Crippen molar-refractivity contribution in [3.05, 3.63) is 20.8 Å². The van der Waals surface area contributed by atoms with Crippen molar-refractivity contribution in [1.29, 1.82) is 0 Å². The van der Waals surface area contributed by atoms with Gasteiger partial charge in [0.25, 0.3) is 0 Å². The molecule has 0 saturated heterocycles. The molecule has 0 spiro atoms. The maximum absolute atomic E-state index is 6.15. The monoisotopic (exact) mass is 269 g/mol. The molecule has 2 aliphatic rings. The Hall–Kier alpha value is -0.0500. The van der Waals surface area contributed by atoms with Gasteiger partial charge in [-0.2, -0.15) is 0 Å². The van der Waals surface area contributed by atoms with E-state index in [9.17, 15) is 0 Å². The lowest BCUT2D eigenvalue weighted by atomic mass is 9.93. The second-order valence-corrected chi connectivity index (χ2v) is 7.42. The summed E-state index contributed by atoms with van der Waals surface area (Å²) in [5.74, 6) is 0.904. The minimum atomic E-state index is 0.567. The number of halogens is 1. The van der Waals surface area contributed by atoms with Crippen LogP contribution in [-0.4, -0.2) is 6.04 Å². The summed E-state index contributed by atoms with van der Waals surface area (Å²) in [6.45, 7) is 2.37. The Morgan fingerprint density at radius 2 is 2.24 bits per heavy atom. The molecule has 0 radical (unpaired) electrons. The maximum atomic E-state index is 6.15. The number of rotatable bonds is 2. The second-order valence-electron chi connectivity index (χ2n) is 5.66. The van der Waals surface area contributed by atoms with Gasteiger partial charge in [-0.1, -0.05) is 18.5 Å². The summed E-state index contributed by atoms with van der Waals surface area (Å²) < 4.78 is 0.962. The number of hydrogen-bond donors (Lipinski definition) is 1. The molecule has 94 valence electrons. The van der Waals surface area contributed by atoms with Gasteiger partial charge in [-0.3, -0.25) is 0 Å². The van der Waals surface area contributed by atoms with Crippen molar-refractivity contribution < 1.29 is 0 Å². The molecule has 2 aliphatic carbocycles. The summed E-state index contributed by atoms with van der Waals surface area (Å²) in [5, 5.41) is 3.87. The number of fused-ring (bicyclic) bond motifs is 1. The molecular formula is C14H20ClNS. The molecule has 1 aromatic rings. The highest BCUT2D eigenvalue weighted by molar-refractivity contribution is 7.16. The van der Waals surface area contributed by atoms with Gasteiger partial charge in [-0.15, -0.1) is 11.3 Å². The van der Waals surface area contributed by atoms with Crippen LogP contribution in [0.25, 0.3) is 0 Å². The molecule has 1 saturated carbocycles. The summed E-state index contributed by atoms with van der Waals surface area (Å²) >= 11 is 7.92. The summed E-state index contributed by atoms with van der Waals surface area (Å²) in [6, 6.07) is 3.49. The first-order valence-electron chi connectivity index (χ1n) is 6.76. The minimum Gasteiger partial charge on any atom is -0.307 e. The first-order chi connectivity index (χ1) is 8.22. The summed E-state index contributed by atoms with van der Waals surface area (Å²) in [4.78, 5) is 1.52. The van der Waals surface area contributed by atoms with E-state index in [0.29, 0.717) is 6.04 Å². The number of nitrogens with one attached hydrogen (secondary N) is 1. The zero-order valence-electron chi connectivity index (χ0n) is 10.3. The zero-order valence-corrected chi connectivity index (χ0v) is 11.9. The van der Waals surface area contributed by atoms with E-state index in [1.807, 2.05) is 0 Å². The molecule has 0 bridgehead atoms. The van der Waals surface area contributed by atoms with Gasteiger partial charge >= 0.3 is 0 Å². The van der Waals surface area contributed by atoms with Crippen LogP contribution in [0.2, 0.25) is 4.34 Å². The molecule has 3 rings (SSSR count). The quantitative estimate of drug-likeness (QED) is 0.830. The Balaban J connectivity index is 1.72. The second kappa shape index (κ2) is 4.91. The average Bonchev–Trinajstić information content (AvgIpc) is 2.84. The topological polar surface area (TPSA) is 12.0 Å². The van der Waals surface area contributed by atoms with Crippen LogP contribution >= 0.6 is 22.9 Å². The predicted octanol–water partition coefficient (Wildman–Crippen LogP) is 4.56. The maximum Gasteiger partial charge on any atom is 0.0934 e. The third-order valence-electron chi connectivity index (χ3n) is 4.22. The van der Waals surface area contributed by atoms with Gasteiger partial charge in [-0.25, -0.2) is 0 Å². The lowest BCUT2D eigenvalue weighted by Gasteiger charge is -2.27. The third kappa shape index (κ3) is 2.54. The largest absolute Gasteiger partial charge is 0.307 e. The summed E-state index contributed by atoms with van der Waals surface area (Å²) in [5.41, 5.74) is 1.49. The highest BCUT2D eigenvalue weighted by Crippen LogP contribution is 2.39. The van der Waals surface area contributed by atoms with Crippen LogP contribution in [0.3, 0.4) is 0 Å². The molecule has 3 atom stereocenters. The van der Waals surface area contributed by atoms with Gasteiger partial charge in [0.1, 0.15) is 0 Å². The molecule has 1 heterocycles. The third-order valence-corrected chi connectivity index (χ3v) is 5.56. The van der Waals surface area contributed by atoms with Crippen LogP contribution < -0.4 is 5.32 Å². The van der Waals surface area contributed by atoms with E-state index in [4.69, 9.17) is 11.6 Å². The molecule has 3 unspecified atom stereocenters. The Labute approximate surface area is 113 Å². The number of hydrogen-bond acceptors (Lipinski definition) is 2. The molecule has 1 fully saturated rings. The average molecular weight is 270 g/mol. The molecule has 1 N–H and O–H groups in total. The van der Waals surface area contributed by atoms with Crippen molar-refractivity contribution in [2.24, 2.45) is 5.92 Å². The highest BCUT2D eigenvalue weighted by atomic mass is 35.5. The molecule has 1 nitrogen and oxygen atoms in total. The van der Waals surface area contributed by atoms with E-state index in [0.717, 1.165) is 16.3 Å². The van der Waals surface area contributed by atoms with E-state index in [2.05, 4.69) is 18.3 Å². The van der Waals surface area contributed by atoms with Crippen molar-refractivity contribution in [1.82, 2.24) is 5.32 Å². The molecule has 17 heavy (non-hydrogen) atoms. The fourth-order valence-electron chi connectivity index (χ4n) is 3.34. The molecule has 0 aliphatic heterocycles. The minimum absolute atomic E-state index is 0.567. The Morgan fingerprint density at radius 1 is 1.35 bits per heavy atom. The fraction of sp³-hybridized carbons (Fsp3) is 0.714. The van der Waals surface area contributed by atoms with Crippen LogP contribution in [0.5, 0.6) is 0 Å². The van der Waals surface area contributed by atoms with E-state index in [1.165, 1.54) is 49.0 Å². The number of aryl methyl sites for hydroxylation is 1. The number of thiophene rings is 1.